The summed E-state index contributed by atoms with van der Waals surface area (Å²) in [6.07, 6.45) is 22.6. The average molecular weight is 851 g/mol. The normalized spacial score (nSPS) is 22.6. The van der Waals surface area contributed by atoms with E-state index < -0.39 is 75.7 Å². The van der Waals surface area contributed by atoms with E-state index in [4.69, 9.17) is 18.5 Å². The van der Waals surface area contributed by atoms with Crippen LogP contribution < -0.4 is 0 Å². The van der Waals surface area contributed by atoms with Crippen LogP contribution in [-0.2, 0) is 32.7 Å². The zero-order valence-corrected chi connectivity index (χ0v) is 37.0. The molecule has 13 nitrogen and oxygen atoms in total. The molecule has 1 aliphatic carbocycles. The van der Waals surface area contributed by atoms with Crippen molar-refractivity contribution in [2.24, 2.45) is 0 Å². The molecular weight excluding hydrogens is 767 g/mol. The summed E-state index contributed by atoms with van der Waals surface area (Å²) in [4.78, 5) is 35.6. The van der Waals surface area contributed by atoms with Gasteiger partial charge in [0.15, 0.2) is 6.10 Å². The van der Waals surface area contributed by atoms with Crippen LogP contribution in [0.2, 0.25) is 0 Å². The Morgan fingerprint density at radius 1 is 0.517 bits per heavy atom. The van der Waals surface area contributed by atoms with Crippen LogP contribution in [0.15, 0.2) is 12.2 Å². The van der Waals surface area contributed by atoms with Crippen molar-refractivity contribution in [1.82, 2.24) is 0 Å². The highest BCUT2D eigenvalue weighted by molar-refractivity contribution is 7.47. The molecular formula is C44H83O13P. The van der Waals surface area contributed by atoms with Crippen LogP contribution in [-0.4, -0.2) is 98.3 Å². The number of phosphoric ester groups is 1. The minimum Gasteiger partial charge on any atom is -0.462 e. The summed E-state index contributed by atoms with van der Waals surface area (Å²) in [7, 11) is -5.11. The van der Waals surface area contributed by atoms with Crippen LogP contribution in [0.4, 0.5) is 0 Å². The topological polar surface area (TPSA) is 210 Å². The molecule has 1 saturated carbocycles. The molecule has 0 bridgehead atoms. The summed E-state index contributed by atoms with van der Waals surface area (Å²) in [6.45, 7) is 3.29. The average Bonchev–Trinajstić information content (AvgIpc) is 3.20. The number of hydrogen-bond donors (Lipinski definition) is 6. The first-order valence-electron chi connectivity index (χ1n) is 23.0. The van der Waals surface area contributed by atoms with Crippen molar-refractivity contribution in [3.8, 4) is 0 Å². The van der Waals surface area contributed by atoms with E-state index in [1.165, 1.54) is 103 Å². The highest BCUT2D eigenvalue weighted by atomic mass is 31.2. The van der Waals surface area contributed by atoms with Gasteiger partial charge in [0.2, 0.25) is 0 Å². The molecule has 0 aromatic rings. The first-order valence-corrected chi connectivity index (χ1v) is 24.5. The molecule has 1 fully saturated rings. The minimum absolute atomic E-state index is 0.0908. The fraction of sp³-hybridized carbons (Fsp3) is 0.909. The Balaban J connectivity index is 2.46. The van der Waals surface area contributed by atoms with Crippen LogP contribution in [0, 0.1) is 0 Å². The molecule has 0 saturated heterocycles. The third-order valence-electron chi connectivity index (χ3n) is 10.9. The zero-order chi connectivity index (χ0) is 42.9. The molecule has 1 rings (SSSR count). The Kier molecular flexibility index (Phi) is 33.2. The van der Waals surface area contributed by atoms with E-state index >= 15 is 0 Å². The number of hydrogen-bond acceptors (Lipinski definition) is 12. The molecule has 58 heavy (non-hydrogen) atoms. The predicted octanol–water partition coefficient (Wildman–Crippen LogP) is 8.67. The number of unbranched alkanes of at least 4 members (excludes halogenated alkanes) is 24. The first-order chi connectivity index (χ1) is 27.9. The molecule has 1 aliphatic rings. The Bertz CT molecular complexity index is 1080. The molecule has 0 spiro atoms. The number of carbonyl (C=O) groups is 2. The predicted molar refractivity (Wildman–Crippen MR) is 226 cm³/mol. The number of ether oxygens (including phenoxy) is 2. The van der Waals surface area contributed by atoms with Crippen LogP contribution in [0.3, 0.4) is 0 Å². The molecule has 6 N–H and O–H groups in total. The Labute approximate surface area is 350 Å². The quantitative estimate of drug-likeness (QED) is 0.0149. The highest BCUT2D eigenvalue weighted by Crippen LogP contribution is 2.47. The van der Waals surface area contributed by atoms with Gasteiger partial charge in [-0.15, -0.1) is 0 Å². The monoisotopic (exact) mass is 851 g/mol. The van der Waals surface area contributed by atoms with Crippen molar-refractivity contribution in [3.63, 3.8) is 0 Å². The van der Waals surface area contributed by atoms with Gasteiger partial charge in [0.25, 0.3) is 0 Å². The van der Waals surface area contributed by atoms with Gasteiger partial charge in [-0.3, -0.25) is 18.6 Å². The second-order valence-corrected chi connectivity index (χ2v) is 17.7. The number of carbonyl (C=O) groups excluding carboxylic acids is 2. The van der Waals surface area contributed by atoms with Crippen molar-refractivity contribution in [1.29, 1.82) is 0 Å². The molecule has 6 unspecified atom stereocenters. The first kappa shape index (κ1) is 54.6. The number of allylic oxidation sites excluding steroid dienone is 2. The smallest absolute Gasteiger partial charge is 0.462 e. The van der Waals surface area contributed by atoms with E-state index in [1.807, 2.05) is 0 Å². The van der Waals surface area contributed by atoms with Crippen molar-refractivity contribution in [3.05, 3.63) is 12.2 Å². The maximum absolute atomic E-state index is 12.8. The highest BCUT2D eigenvalue weighted by Gasteiger charge is 2.51. The summed E-state index contributed by atoms with van der Waals surface area (Å²) in [6, 6.07) is 0. The molecule has 342 valence electrons. The number of phosphoric acid groups is 1. The van der Waals surface area contributed by atoms with Gasteiger partial charge in [-0.05, 0) is 38.5 Å². The zero-order valence-electron chi connectivity index (χ0n) is 36.1. The van der Waals surface area contributed by atoms with Gasteiger partial charge in [-0.25, -0.2) is 4.57 Å². The fourth-order valence-electron chi connectivity index (χ4n) is 7.11. The Morgan fingerprint density at radius 3 is 1.31 bits per heavy atom. The summed E-state index contributed by atoms with van der Waals surface area (Å²) >= 11 is 0. The van der Waals surface area contributed by atoms with E-state index in [2.05, 4.69) is 26.0 Å². The lowest BCUT2D eigenvalue weighted by molar-refractivity contribution is -0.220. The SMILES string of the molecule is CCCCCCCC/C=C\CCCCCCCC(=O)O[C@H](COC(=O)CCCCCCCCCCCCCCCC)COP(=O)(O)OC1C(O)C(O)C(O)[C@@H](O)C1O. The third-order valence-corrected chi connectivity index (χ3v) is 11.8. The fourth-order valence-corrected chi connectivity index (χ4v) is 8.08. The second kappa shape index (κ2) is 35.2. The van der Waals surface area contributed by atoms with Crippen LogP contribution >= 0.6 is 7.82 Å². The Morgan fingerprint density at radius 2 is 0.879 bits per heavy atom. The molecule has 0 aliphatic heterocycles. The van der Waals surface area contributed by atoms with E-state index in [-0.39, 0.29) is 12.8 Å². The molecule has 0 aromatic heterocycles. The Hall–Kier alpha value is -1.41. The molecule has 0 heterocycles. The standard InChI is InChI=1S/C44H83O13P/c1-3-5-7-9-11-13-15-17-19-21-23-25-27-29-31-33-38(46)56-36(35-55-58(52,53)57-44-42(50)40(48)39(47)41(49)43(44)51)34-54-37(45)32-30-28-26-24-22-20-18-16-14-12-10-8-6-4-2/h17,19,36,39-44,47-51H,3-16,18,20-35H2,1-2H3,(H,52,53)/b19-17-/t36-,39?,40-,41?,42?,43?,44?/m1/s1. The summed E-state index contributed by atoms with van der Waals surface area (Å²) in [5.74, 6) is -1.10. The summed E-state index contributed by atoms with van der Waals surface area (Å²) < 4.78 is 33.5. The lowest BCUT2D eigenvalue weighted by atomic mass is 9.85. The second-order valence-electron chi connectivity index (χ2n) is 16.3. The lowest BCUT2D eigenvalue weighted by Crippen LogP contribution is -2.64. The van der Waals surface area contributed by atoms with Gasteiger partial charge in [0.05, 0.1) is 6.61 Å². The number of aliphatic hydroxyl groups excluding tert-OH is 5. The maximum atomic E-state index is 12.8. The molecule has 0 amide bonds. The maximum Gasteiger partial charge on any atom is 0.472 e. The molecule has 0 radical (unpaired) electrons. The summed E-state index contributed by atoms with van der Waals surface area (Å²) in [5.41, 5.74) is 0. The summed E-state index contributed by atoms with van der Waals surface area (Å²) in [5, 5.41) is 50.1. The van der Waals surface area contributed by atoms with Crippen LogP contribution in [0.25, 0.3) is 0 Å². The van der Waals surface area contributed by atoms with Crippen molar-refractivity contribution in [2.45, 2.75) is 243 Å². The lowest BCUT2D eigenvalue weighted by Gasteiger charge is -2.41. The van der Waals surface area contributed by atoms with E-state index in [9.17, 15) is 44.6 Å². The molecule has 0 aromatic carbocycles. The van der Waals surface area contributed by atoms with Gasteiger partial charge in [-0.2, -0.15) is 0 Å². The van der Waals surface area contributed by atoms with Crippen molar-refractivity contribution < 1.29 is 63.1 Å². The van der Waals surface area contributed by atoms with E-state index in [0.717, 1.165) is 57.8 Å². The van der Waals surface area contributed by atoms with Gasteiger partial charge in [-0.1, -0.05) is 161 Å². The van der Waals surface area contributed by atoms with Gasteiger partial charge < -0.3 is 39.9 Å². The minimum atomic E-state index is -5.11. The van der Waals surface area contributed by atoms with E-state index in [0.29, 0.717) is 12.8 Å². The molecule has 14 heteroatoms. The van der Waals surface area contributed by atoms with Gasteiger partial charge >= 0.3 is 19.8 Å². The van der Waals surface area contributed by atoms with Crippen molar-refractivity contribution >= 4 is 19.8 Å². The van der Waals surface area contributed by atoms with Gasteiger partial charge in [0, 0.05) is 12.8 Å². The third kappa shape index (κ3) is 27.4. The largest absolute Gasteiger partial charge is 0.472 e. The van der Waals surface area contributed by atoms with Gasteiger partial charge in [0.1, 0.15) is 43.2 Å². The van der Waals surface area contributed by atoms with Crippen molar-refractivity contribution in [2.75, 3.05) is 13.2 Å². The van der Waals surface area contributed by atoms with E-state index in [1.54, 1.807) is 0 Å². The number of esters is 2. The number of aliphatic hydroxyl groups is 5. The molecule has 8 atom stereocenters. The van der Waals surface area contributed by atoms with Crippen LogP contribution in [0.1, 0.15) is 200 Å². The van der Waals surface area contributed by atoms with Crippen LogP contribution in [0.5, 0.6) is 0 Å². The number of rotatable bonds is 38.